The topological polar surface area (TPSA) is 102 Å². The molecular weight excluding hydrogens is 376 g/mol. The van der Waals surface area contributed by atoms with Crippen LogP contribution >= 0.6 is 0 Å². The van der Waals surface area contributed by atoms with E-state index in [0.717, 1.165) is 0 Å². The second-order valence-corrected chi connectivity index (χ2v) is 6.25. The first-order valence-corrected chi connectivity index (χ1v) is 8.49. The molecule has 0 aliphatic heterocycles. The standard InChI is InChI=1S/C13H20F4O7S/c1-3-22-9-24-11(18)10(2)8-23-7-5-4-6-12(14,15)13(16,17)25(19,20)21/h2-9H2,1H3,(H,19,20,21)/p-1. The lowest BCUT2D eigenvalue weighted by atomic mass is 10.1. The van der Waals surface area contributed by atoms with Crippen molar-refractivity contribution in [1.82, 2.24) is 0 Å². The highest BCUT2D eigenvalue weighted by atomic mass is 32.2. The van der Waals surface area contributed by atoms with E-state index >= 15 is 0 Å². The smallest absolute Gasteiger partial charge is 0.396 e. The minimum atomic E-state index is -6.48. The van der Waals surface area contributed by atoms with Crippen LogP contribution in [0.15, 0.2) is 12.2 Å². The highest BCUT2D eigenvalue weighted by Crippen LogP contribution is 2.41. The second-order valence-electron chi connectivity index (χ2n) is 4.83. The van der Waals surface area contributed by atoms with E-state index in [9.17, 15) is 35.3 Å². The summed E-state index contributed by atoms with van der Waals surface area (Å²) in [5.41, 5.74) is -0.0611. The molecule has 0 saturated carbocycles. The van der Waals surface area contributed by atoms with Crippen molar-refractivity contribution in [1.29, 1.82) is 0 Å². The van der Waals surface area contributed by atoms with Crippen LogP contribution in [0.2, 0.25) is 0 Å². The summed E-state index contributed by atoms with van der Waals surface area (Å²) in [4.78, 5) is 11.3. The fraction of sp³-hybridized carbons (Fsp3) is 0.769. The average molecular weight is 395 g/mol. The number of unbranched alkanes of at least 4 members (excludes halogenated alkanes) is 1. The Balaban J connectivity index is 4.07. The van der Waals surface area contributed by atoms with Crippen LogP contribution in [0.1, 0.15) is 26.2 Å². The number of halogens is 4. The van der Waals surface area contributed by atoms with Crippen molar-refractivity contribution in [3.05, 3.63) is 12.2 Å². The molecule has 12 heteroatoms. The first kappa shape index (κ1) is 23.8. The van der Waals surface area contributed by atoms with Crippen molar-refractivity contribution in [2.75, 3.05) is 26.6 Å². The minimum absolute atomic E-state index is 0.0611. The molecule has 0 heterocycles. The molecule has 0 saturated heterocycles. The van der Waals surface area contributed by atoms with Crippen LogP contribution < -0.4 is 0 Å². The largest absolute Gasteiger partial charge is 0.743 e. The number of carbonyl (C=O) groups excluding carboxylic acids is 1. The number of rotatable bonds is 13. The molecule has 0 rings (SSSR count). The van der Waals surface area contributed by atoms with Gasteiger partial charge in [-0.05, 0) is 19.8 Å². The van der Waals surface area contributed by atoms with Gasteiger partial charge in [0.05, 0.1) is 12.2 Å². The summed E-state index contributed by atoms with van der Waals surface area (Å²) in [5.74, 6) is -5.76. The molecule has 0 N–H and O–H groups in total. The van der Waals surface area contributed by atoms with E-state index in [4.69, 9.17) is 9.47 Å². The minimum Gasteiger partial charge on any atom is -0.743 e. The van der Waals surface area contributed by atoms with Gasteiger partial charge in [-0.2, -0.15) is 17.6 Å². The lowest BCUT2D eigenvalue weighted by Gasteiger charge is -2.28. The number of carbonyl (C=O) groups is 1. The molecular formula is C13H19F4O7S-. The first-order chi connectivity index (χ1) is 11.4. The van der Waals surface area contributed by atoms with E-state index in [1.807, 2.05) is 0 Å². The molecule has 0 unspecified atom stereocenters. The molecule has 0 aromatic rings. The Labute approximate surface area is 142 Å². The summed E-state index contributed by atoms with van der Waals surface area (Å²) >= 11 is 0. The molecule has 0 aliphatic rings. The summed E-state index contributed by atoms with van der Waals surface area (Å²) in [6.07, 6.45) is -2.17. The van der Waals surface area contributed by atoms with Gasteiger partial charge in [0.2, 0.25) is 0 Å². The summed E-state index contributed by atoms with van der Waals surface area (Å²) in [6, 6.07) is 0. The van der Waals surface area contributed by atoms with Gasteiger partial charge in [-0.25, -0.2) is 13.2 Å². The van der Waals surface area contributed by atoms with E-state index in [2.05, 4.69) is 11.3 Å². The van der Waals surface area contributed by atoms with E-state index in [0.29, 0.717) is 6.61 Å². The molecule has 0 fully saturated rings. The van der Waals surface area contributed by atoms with Crippen molar-refractivity contribution >= 4 is 16.1 Å². The quantitative estimate of drug-likeness (QED) is 0.117. The van der Waals surface area contributed by atoms with E-state index in [-0.39, 0.29) is 32.0 Å². The van der Waals surface area contributed by atoms with Gasteiger partial charge in [-0.1, -0.05) is 6.58 Å². The molecule has 0 aliphatic carbocycles. The van der Waals surface area contributed by atoms with Gasteiger partial charge in [0.1, 0.15) is 0 Å². The van der Waals surface area contributed by atoms with Crippen LogP contribution in [0.25, 0.3) is 0 Å². The number of alkyl halides is 4. The van der Waals surface area contributed by atoms with Gasteiger partial charge in [-0.3, -0.25) is 0 Å². The van der Waals surface area contributed by atoms with Crippen molar-refractivity contribution in [2.45, 2.75) is 37.4 Å². The predicted octanol–water partition coefficient (Wildman–Crippen LogP) is 2.04. The zero-order chi connectivity index (χ0) is 19.7. The molecule has 25 heavy (non-hydrogen) atoms. The molecule has 0 amide bonds. The maximum absolute atomic E-state index is 13.1. The normalized spacial score (nSPS) is 12.9. The van der Waals surface area contributed by atoms with Gasteiger partial charge < -0.3 is 18.8 Å². The number of hydrogen-bond donors (Lipinski definition) is 0. The summed E-state index contributed by atoms with van der Waals surface area (Å²) in [6.45, 7) is 4.69. The molecule has 0 aromatic carbocycles. The Hall–Kier alpha value is -1.24. The fourth-order valence-electron chi connectivity index (χ4n) is 1.41. The SMILES string of the molecule is C=C(COCCCCC(F)(F)C(F)(F)S(=O)(=O)[O-])C(=O)OCOCC. The Morgan fingerprint density at radius 2 is 1.76 bits per heavy atom. The van der Waals surface area contributed by atoms with Crippen LogP contribution in [-0.4, -0.2) is 56.7 Å². The van der Waals surface area contributed by atoms with Crippen molar-refractivity contribution < 1.29 is 49.5 Å². The van der Waals surface area contributed by atoms with E-state index < -0.39 is 40.1 Å². The average Bonchev–Trinajstić information content (AvgIpc) is 2.49. The summed E-state index contributed by atoms with van der Waals surface area (Å²) in [5, 5.41) is -5.68. The first-order valence-electron chi connectivity index (χ1n) is 7.08. The monoisotopic (exact) mass is 395 g/mol. The Morgan fingerprint density at radius 3 is 2.28 bits per heavy atom. The Morgan fingerprint density at radius 1 is 1.16 bits per heavy atom. The Kier molecular flexibility index (Phi) is 9.54. The van der Waals surface area contributed by atoms with Gasteiger partial charge >= 0.3 is 17.1 Å². The fourth-order valence-corrected chi connectivity index (χ4v) is 1.88. The Bertz CT molecular complexity index is 549. The maximum atomic E-state index is 13.1. The molecule has 0 aromatic heterocycles. The van der Waals surface area contributed by atoms with Gasteiger partial charge in [0.15, 0.2) is 16.9 Å². The molecule has 7 nitrogen and oxygen atoms in total. The highest BCUT2D eigenvalue weighted by Gasteiger charge is 2.60. The van der Waals surface area contributed by atoms with Crippen molar-refractivity contribution in [3.63, 3.8) is 0 Å². The maximum Gasteiger partial charge on any atom is 0.396 e. The van der Waals surface area contributed by atoms with Gasteiger partial charge in [-0.15, -0.1) is 0 Å². The number of esters is 1. The number of ether oxygens (including phenoxy) is 3. The highest BCUT2D eigenvalue weighted by molar-refractivity contribution is 7.86. The zero-order valence-corrected chi connectivity index (χ0v) is 14.3. The van der Waals surface area contributed by atoms with Crippen LogP contribution in [0.4, 0.5) is 17.6 Å². The van der Waals surface area contributed by atoms with Crippen LogP contribution in [0, 0.1) is 0 Å². The van der Waals surface area contributed by atoms with Crippen molar-refractivity contribution in [3.8, 4) is 0 Å². The predicted molar refractivity (Wildman–Crippen MR) is 76.0 cm³/mol. The lowest BCUT2D eigenvalue weighted by Crippen LogP contribution is -2.46. The van der Waals surface area contributed by atoms with E-state index in [1.165, 1.54) is 0 Å². The lowest BCUT2D eigenvalue weighted by molar-refractivity contribution is -0.165. The third kappa shape index (κ3) is 7.67. The molecule has 0 spiro atoms. The van der Waals surface area contributed by atoms with Crippen LogP contribution in [0.3, 0.4) is 0 Å². The van der Waals surface area contributed by atoms with Crippen LogP contribution in [0.5, 0.6) is 0 Å². The third-order valence-electron chi connectivity index (χ3n) is 2.81. The summed E-state index contributed by atoms with van der Waals surface area (Å²) < 4.78 is 96.9. The molecule has 0 bridgehead atoms. The van der Waals surface area contributed by atoms with Crippen LogP contribution in [-0.2, 0) is 29.1 Å². The van der Waals surface area contributed by atoms with E-state index in [1.54, 1.807) is 6.92 Å². The third-order valence-corrected chi connectivity index (χ3v) is 3.74. The van der Waals surface area contributed by atoms with Crippen molar-refractivity contribution in [2.24, 2.45) is 0 Å². The number of hydrogen-bond acceptors (Lipinski definition) is 7. The van der Waals surface area contributed by atoms with Gasteiger partial charge in [0, 0.05) is 19.6 Å². The molecule has 0 radical (unpaired) electrons. The molecule has 148 valence electrons. The summed E-state index contributed by atoms with van der Waals surface area (Å²) in [7, 11) is -6.48. The second kappa shape index (κ2) is 10.0. The molecule has 0 atom stereocenters. The van der Waals surface area contributed by atoms with Gasteiger partial charge in [0.25, 0.3) is 0 Å². The zero-order valence-electron chi connectivity index (χ0n) is 13.4.